The summed E-state index contributed by atoms with van der Waals surface area (Å²) in [5.41, 5.74) is 8.63. The molecule has 0 aliphatic carbocycles. The van der Waals surface area contributed by atoms with E-state index in [9.17, 15) is 0 Å². The second-order valence-corrected chi connectivity index (χ2v) is 5.98. The van der Waals surface area contributed by atoms with Crippen molar-refractivity contribution in [3.63, 3.8) is 0 Å². The van der Waals surface area contributed by atoms with Crippen LogP contribution in [0, 0.1) is 6.92 Å². The number of anilines is 1. The number of methoxy groups -OCH3 is 1. The molecule has 2 aromatic rings. The SMILES string of the molecule is COCCCOc1ccnc(CSc2ccc(N)cc2)c1C. The average molecular weight is 318 g/mol. The molecule has 0 saturated carbocycles. The van der Waals surface area contributed by atoms with Gasteiger partial charge in [0.15, 0.2) is 0 Å². The van der Waals surface area contributed by atoms with Crippen molar-refractivity contribution in [2.24, 2.45) is 0 Å². The van der Waals surface area contributed by atoms with Gasteiger partial charge in [-0.1, -0.05) is 0 Å². The Balaban J connectivity index is 1.94. The third kappa shape index (κ3) is 4.93. The molecular weight excluding hydrogens is 296 g/mol. The number of rotatable bonds is 8. The van der Waals surface area contributed by atoms with Gasteiger partial charge in [0.1, 0.15) is 5.75 Å². The minimum atomic E-state index is 0.656. The number of nitrogen functional groups attached to an aromatic ring is 1. The zero-order chi connectivity index (χ0) is 15.8. The quantitative estimate of drug-likeness (QED) is 0.457. The van der Waals surface area contributed by atoms with E-state index in [4.69, 9.17) is 15.2 Å². The fourth-order valence-electron chi connectivity index (χ4n) is 1.96. The normalized spacial score (nSPS) is 10.6. The van der Waals surface area contributed by atoms with Crippen LogP contribution in [0.25, 0.3) is 0 Å². The van der Waals surface area contributed by atoms with E-state index in [-0.39, 0.29) is 0 Å². The van der Waals surface area contributed by atoms with E-state index in [1.807, 2.05) is 30.3 Å². The summed E-state index contributed by atoms with van der Waals surface area (Å²) in [5, 5.41) is 0. The number of hydrogen-bond acceptors (Lipinski definition) is 5. The van der Waals surface area contributed by atoms with Crippen LogP contribution in [0.4, 0.5) is 5.69 Å². The van der Waals surface area contributed by atoms with Gasteiger partial charge in [0.2, 0.25) is 0 Å². The highest BCUT2D eigenvalue weighted by Crippen LogP contribution is 2.27. The molecule has 4 nitrogen and oxygen atoms in total. The number of nitrogens with zero attached hydrogens (tertiary/aromatic N) is 1. The van der Waals surface area contributed by atoms with Crippen molar-refractivity contribution in [3.8, 4) is 5.75 Å². The van der Waals surface area contributed by atoms with E-state index in [1.165, 1.54) is 4.90 Å². The van der Waals surface area contributed by atoms with Crippen molar-refractivity contribution in [3.05, 3.63) is 47.8 Å². The number of benzene rings is 1. The molecule has 0 unspecified atom stereocenters. The van der Waals surface area contributed by atoms with Crippen molar-refractivity contribution < 1.29 is 9.47 Å². The molecule has 0 radical (unpaired) electrons. The Labute approximate surface area is 136 Å². The Kier molecular flexibility index (Phi) is 6.55. The first-order chi connectivity index (χ1) is 10.7. The van der Waals surface area contributed by atoms with Gasteiger partial charge < -0.3 is 15.2 Å². The predicted octanol–water partition coefficient (Wildman–Crippen LogP) is 3.68. The lowest BCUT2D eigenvalue weighted by Crippen LogP contribution is -2.04. The molecule has 2 N–H and O–H groups in total. The second kappa shape index (κ2) is 8.66. The van der Waals surface area contributed by atoms with E-state index < -0.39 is 0 Å². The van der Waals surface area contributed by atoms with Crippen LogP contribution in [-0.4, -0.2) is 25.3 Å². The zero-order valence-corrected chi connectivity index (χ0v) is 13.9. The molecule has 2 rings (SSSR count). The lowest BCUT2D eigenvalue weighted by Gasteiger charge is -2.12. The topological polar surface area (TPSA) is 57.4 Å². The van der Waals surface area contributed by atoms with Crippen molar-refractivity contribution in [1.82, 2.24) is 4.98 Å². The number of hydrogen-bond donors (Lipinski definition) is 1. The van der Waals surface area contributed by atoms with Crippen LogP contribution < -0.4 is 10.5 Å². The van der Waals surface area contributed by atoms with Gasteiger partial charge in [-0.2, -0.15) is 0 Å². The van der Waals surface area contributed by atoms with Crippen molar-refractivity contribution in [2.75, 3.05) is 26.1 Å². The van der Waals surface area contributed by atoms with E-state index in [0.717, 1.165) is 34.9 Å². The minimum Gasteiger partial charge on any atom is -0.493 e. The molecule has 0 fully saturated rings. The molecule has 1 aromatic heterocycles. The Morgan fingerprint density at radius 3 is 2.64 bits per heavy atom. The third-order valence-electron chi connectivity index (χ3n) is 3.26. The van der Waals surface area contributed by atoms with Gasteiger partial charge in [0.05, 0.1) is 12.3 Å². The third-order valence-corrected chi connectivity index (χ3v) is 4.29. The Hall–Kier alpha value is -1.72. The number of ether oxygens (including phenoxy) is 2. The fourth-order valence-corrected chi connectivity index (χ4v) is 2.88. The number of nitrogens with two attached hydrogens (primary N) is 1. The molecular formula is C17H22N2O2S. The summed E-state index contributed by atoms with van der Waals surface area (Å²) in [5.74, 6) is 1.71. The Morgan fingerprint density at radius 2 is 1.91 bits per heavy atom. The molecule has 0 aliphatic rings. The highest BCUT2D eigenvalue weighted by atomic mass is 32.2. The van der Waals surface area contributed by atoms with Gasteiger partial charge in [-0.15, -0.1) is 11.8 Å². The molecule has 5 heteroatoms. The molecule has 1 aromatic carbocycles. The summed E-state index contributed by atoms with van der Waals surface area (Å²) in [4.78, 5) is 5.65. The zero-order valence-electron chi connectivity index (χ0n) is 13.0. The van der Waals surface area contributed by atoms with Crippen LogP contribution in [0.15, 0.2) is 41.4 Å². The highest BCUT2D eigenvalue weighted by molar-refractivity contribution is 7.98. The fraction of sp³-hybridized carbons (Fsp3) is 0.353. The maximum absolute atomic E-state index is 5.80. The first kappa shape index (κ1) is 16.6. The molecule has 0 aliphatic heterocycles. The summed E-state index contributed by atoms with van der Waals surface area (Å²) in [6.07, 6.45) is 2.69. The molecule has 0 saturated heterocycles. The van der Waals surface area contributed by atoms with Crippen LogP contribution in [0.1, 0.15) is 17.7 Å². The van der Waals surface area contributed by atoms with Gasteiger partial charge in [0.25, 0.3) is 0 Å². The largest absolute Gasteiger partial charge is 0.493 e. The van der Waals surface area contributed by atoms with Gasteiger partial charge in [-0.25, -0.2) is 0 Å². The van der Waals surface area contributed by atoms with Gasteiger partial charge in [-0.3, -0.25) is 4.98 Å². The van der Waals surface area contributed by atoms with E-state index in [0.29, 0.717) is 13.2 Å². The average Bonchev–Trinajstić information content (AvgIpc) is 2.53. The molecule has 0 amide bonds. The minimum absolute atomic E-state index is 0.656. The van der Waals surface area contributed by atoms with Crippen LogP contribution >= 0.6 is 11.8 Å². The van der Waals surface area contributed by atoms with Crippen molar-refractivity contribution in [1.29, 1.82) is 0 Å². The highest BCUT2D eigenvalue weighted by Gasteiger charge is 2.07. The summed E-state index contributed by atoms with van der Waals surface area (Å²) in [6.45, 7) is 3.42. The maximum Gasteiger partial charge on any atom is 0.125 e. The predicted molar refractivity (Wildman–Crippen MR) is 91.4 cm³/mol. The summed E-state index contributed by atoms with van der Waals surface area (Å²) in [6, 6.07) is 9.80. The monoisotopic (exact) mass is 318 g/mol. The van der Waals surface area contributed by atoms with Crippen LogP contribution in [-0.2, 0) is 10.5 Å². The number of pyridine rings is 1. The molecule has 22 heavy (non-hydrogen) atoms. The van der Waals surface area contributed by atoms with Gasteiger partial charge in [0, 0.05) is 48.2 Å². The lowest BCUT2D eigenvalue weighted by molar-refractivity contribution is 0.172. The van der Waals surface area contributed by atoms with E-state index in [2.05, 4.69) is 11.9 Å². The standard InChI is InChI=1S/C17H22N2O2S/c1-13-16(12-22-15-6-4-14(18)5-7-15)19-9-8-17(13)21-11-3-10-20-2/h4-9H,3,10-12,18H2,1-2H3. The van der Waals surface area contributed by atoms with Crippen molar-refractivity contribution in [2.45, 2.75) is 24.0 Å². The smallest absolute Gasteiger partial charge is 0.125 e. The van der Waals surface area contributed by atoms with Crippen LogP contribution in [0.3, 0.4) is 0 Å². The van der Waals surface area contributed by atoms with Crippen molar-refractivity contribution >= 4 is 17.4 Å². The Bertz CT molecular complexity index is 588. The maximum atomic E-state index is 5.80. The van der Waals surface area contributed by atoms with Crippen LogP contribution in [0.2, 0.25) is 0 Å². The molecule has 0 spiro atoms. The van der Waals surface area contributed by atoms with E-state index >= 15 is 0 Å². The van der Waals surface area contributed by atoms with Gasteiger partial charge >= 0.3 is 0 Å². The van der Waals surface area contributed by atoms with Gasteiger partial charge in [-0.05, 0) is 37.3 Å². The van der Waals surface area contributed by atoms with E-state index in [1.54, 1.807) is 25.1 Å². The first-order valence-electron chi connectivity index (χ1n) is 7.25. The summed E-state index contributed by atoms with van der Waals surface area (Å²) < 4.78 is 10.8. The number of aromatic nitrogens is 1. The van der Waals surface area contributed by atoms with Crippen LogP contribution in [0.5, 0.6) is 5.75 Å². The molecule has 1 heterocycles. The second-order valence-electron chi connectivity index (χ2n) is 4.93. The molecule has 0 bridgehead atoms. The lowest BCUT2D eigenvalue weighted by atomic mass is 10.2. The first-order valence-corrected chi connectivity index (χ1v) is 8.24. The molecule has 0 atom stereocenters. The Morgan fingerprint density at radius 1 is 1.14 bits per heavy atom. The summed E-state index contributed by atoms with van der Waals surface area (Å²) >= 11 is 1.74. The summed E-state index contributed by atoms with van der Waals surface area (Å²) in [7, 11) is 1.70. The molecule has 118 valence electrons. The number of thioether (sulfide) groups is 1.